The molecule has 1 aliphatic rings. The SMILES string of the molecule is NC(=O)C1CCN(Cc2csc(Br)n2)C1. The second-order valence-corrected chi connectivity index (χ2v) is 5.85. The van der Waals surface area contributed by atoms with Crippen molar-refractivity contribution < 1.29 is 4.79 Å². The highest BCUT2D eigenvalue weighted by atomic mass is 79.9. The summed E-state index contributed by atoms with van der Waals surface area (Å²) in [5.41, 5.74) is 6.32. The Morgan fingerprint density at radius 3 is 3.13 bits per heavy atom. The van der Waals surface area contributed by atoms with Crippen LogP contribution in [0.1, 0.15) is 12.1 Å². The van der Waals surface area contributed by atoms with Crippen molar-refractivity contribution in [3.63, 3.8) is 0 Å². The van der Waals surface area contributed by atoms with E-state index in [1.165, 1.54) is 0 Å². The number of thiazole rings is 1. The molecule has 82 valence electrons. The number of carbonyl (C=O) groups is 1. The quantitative estimate of drug-likeness (QED) is 0.910. The minimum atomic E-state index is -0.183. The van der Waals surface area contributed by atoms with Gasteiger partial charge in [-0.3, -0.25) is 9.69 Å². The standard InChI is InChI=1S/C9H12BrN3OS/c10-9-12-7(5-15-9)4-13-2-1-6(3-13)8(11)14/h5-6H,1-4H2,(H2,11,14). The van der Waals surface area contributed by atoms with Crippen LogP contribution < -0.4 is 5.73 Å². The van der Waals surface area contributed by atoms with Crippen LogP contribution in [0, 0.1) is 5.92 Å². The topological polar surface area (TPSA) is 59.2 Å². The van der Waals surface area contributed by atoms with E-state index >= 15 is 0 Å². The van der Waals surface area contributed by atoms with Gasteiger partial charge in [-0.2, -0.15) is 0 Å². The van der Waals surface area contributed by atoms with E-state index in [-0.39, 0.29) is 11.8 Å². The summed E-state index contributed by atoms with van der Waals surface area (Å²) in [5, 5.41) is 2.03. The maximum atomic E-state index is 11.0. The predicted octanol–water partition coefficient (Wildman–Crippen LogP) is 1.21. The Morgan fingerprint density at radius 1 is 1.80 bits per heavy atom. The average Bonchev–Trinajstić information content (AvgIpc) is 2.76. The molecular formula is C9H12BrN3OS. The molecule has 1 fully saturated rings. The molecule has 1 aliphatic heterocycles. The van der Waals surface area contributed by atoms with Gasteiger partial charge in [-0.15, -0.1) is 11.3 Å². The summed E-state index contributed by atoms with van der Waals surface area (Å²) < 4.78 is 0.906. The highest BCUT2D eigenvalue weighted by molar-refractivity contribution is 9.11. The number of primary amides is 1. The van der Waals surface area contributed by atoms with E-state index in [4.69, 9.17) is 5.73 Å². The number of rotatable bonds is 3. The number of hydrogen-bond donors (Lipinski definition) is 1. The maximum Gasteiger partial charge on any atom is 0.221 e. The van der Waals surface area contributed by atoms with Gasteiger partial charge in [-0.1, -0.05) is 0 Å². The van der Waals surface area contributed by atoms with Gasteiger partial charge in [-0.05, 0) is 28.9 Å². The molecule has 1 atom stereocenters. The van der Waals surface area contributed by atoms with Crippen molar-refractivity contribution in [1.82, 2.24) is 9.88 Å². The van der Waals surface area contributed by atoms with Crippen LogP contribution in [0.5, 0.6) is 0 Å². The first-order chi connectivity index (χ1) is 7.15. The molecule has 0 aromatic carbocycles. The Morgan fingerprint density at radius 2 is 2.60 bits per heavy atom. The van der Waals surface area contributed by atoms with Crippen molar-refractivity contribution in [3.05, 3.63) is 15.0 Å². The largest absolute Gasteiger partial charge is 0.369 e. The molecule has 1 aromatic heterocycles. The van der Waals surface area contributed by atoms with E-state index in [1.807, 2.05) is 5.38 Å². The summed E-state index contributed by atoms with van der Waals surface area (Å²) in [6.45, 7) is 2.51. The number of nitrogens with two attached hydrogens (primary N) is 1. The summed E-state index contributed by atoms with van der Waals surface area (Å²) in [4.78, 5) is 17.5. The molecule has 1 amide bonds. The molecule has 0 saturated carbocycles. The van der Waals surface area contributed by atoms with Crippen molar-refractivity contribution >= 4 is 33.2 Å². The lowest BCUT2D eigenvalue weighted by Crippen LogP contribution is -2.27. The second kappa shape index (κ2) is 4.59. The first-order valence-corrected chi connectivity index (χ1v) is 6.44. The Bertz CT molecular complexity index is 368. The third-order valence-corrected chi connectivity index (χ3v) is 4.00. The van der Waals surface area contributed by atoms with Crippen molar-refractivity contribution in [1.29, 1.82) is 0 Å². The monoisotopic (exact) mass is 289 g/mol. The zero-order valence-corrected chi connectivity index (χ0v) is 10.6. The Kier molecular flexibility index (Phi) is 3.38. The molecule has 1 saturated heterocycles. The van der Waals surface area contributed by atoms with E-state index < -0.39 is 0 Å². The minimum Gasteiger partial charge on any atom is -0.369 e. The molecule has 2 heterocycles. The maximum absolute atomic E-state index is 11.0. The van der Waals surface area contributed by atoms with Crippen molar-refractivity contribution in [3.8, 4) is 0 Å². The molecule has 0 aliphatic carbocycles. The highest BCUT2D eigenvalue weighted by Gasteiger charge is 2.26. The minimum absolute atomic E-state index is 0.0204. The van der Waals surface area contributed by atoms with E-state index in [0.717, 1.165) is 35.7 Å². The van der Waals surface area contributed by atoms with Crippen molar-refractivity contribution in [2.45, 2.75) is 13.0 Å². The fraction of sp³-hybridized carbons (Fsp3) is 0.556. The van der Waals surface area contributed by atoms with Gasteiger partial charge in [0.15, 0.2) is 3.92 Å². The first kappa shape index (κ1) is 11.0. The van der Waals surface area contributed by atoms with E-state index in [2.05, 4.69) is 25.8 Å². The lowest BCUT2D eigenvalue weighted by atomic mass is 10.1. The van der Waals surface area contributed by atoms with Crippen LogP contribution in [0.15, 0.2) is 9.30 Å². The molecule has 15 heavy (non-hydrogen) atoms. The van der Waals surface area contributed by atoms with Gasteiger partial charge in [0.05, 0.1) is 11.6 Å². The van der Waals surface area contributed by atoms with Crippen LogP contribution in [0.3, 0.4) is 0 Å². The van der Waals surface area contributed by atoms with E-state index in [1.54, 1.807) is 11.3 Å². The molecule has 6 heteroatoms. The number of carbonyl (C=O) groups excluding carboxylic acids is 1. The van der Waals surface area contributed by atoms with Gasteiger partial charge < -0.3 is 5.73 Å². The molecular weight excluding hydrogens is 278 g/mol. The third kappa shape index (κ3) is 2.76. The summed E-state index contributed by atoms with van der Waals surface area (Å²) >= 11 is 4.91. The van der Waals surface area contributed by atoms with Gasteiger partial charge in [0.1, 0.15) is 0 Å². The van der Waals surface area contributed by atoms with Gasteiger partial charge in [0.25, 0.3) is 0 Å². The Labute approximate surface area is 101 Å². The van der Waals surface area contributed by atoms with Crippen molar-refractivity contribution in [2.75, 3.05) is 13.1 Å². The van der Waals surface area contributed by atoms with Crippen LogP contribution in [0.4, 0.5) is 0 Å². The lowest BCUT2D eigenvalue weighted by Gasteiger charge is -2.12. The van der Waals surface area contributed by atoms with Crippen LogP contribution in [0.2, 0.25) is 0 Å². The predicted molar refractivity (Wildman–Crippen MR) is 62.4 cm³/mol. The van der Waals surface area contributed by atoms with Crippen LogP contribution in [-0.4, -0.2) is 28.9 Å². The summed E-state index contributed by atoms with van der Waals surface area (Å²) in [6, 6.07) is 0. The highest BCUT2D eigenvalue weighted by Crippen LogP contribution is 2.21. The molecule has 4 nitrogen and oxygen atoms in total. The van der Waals surface area contributed by atoms with Crippen molar-refractivity contribution in [2.24, 2.45) is 11.7 Å². The van der Waals surface area contributed by atoms with Crippen LogP contribution in [-0.2, 0) is 11.3 Å². The zero-order valence-electron chi connectivity index (χ0n) is 8.15. The second-order valence-electron chi connectivity index (χ2n) is 3.71. The van der Waals surface area contributed by atoms with Crippen LogP contribution >= 0.6 is 27.3 Å². The summed E-state index contributed by atoms with van der Waals surface area (Å²) in [6.07, 6.45) is 0.876. The first-order valence-electron chi connectivity index (χ1n) is 4.76. The van der Waals surface area contributed by atoms with Gasteiger partial charge in [0.2, 0.25) is 5.91 Å². The average molecular weight is 290 g/mol. The van der Waals surface area contributed by atoms with E-state index in [0.29, 0.717) is 0 Å². The molecule has 1 aromatic rings. The fourth-order valence-corrected chi connectivity index (χ4v) is 2.83. The molecule has 0 spiro atoms. The Balaban J connectivity index is 1.90. The zero-order chi connectivity index (χ0) is 10.8. The third-order valence-electron chi connectivity index (χ3n) is 2.58. The Hall–Kier alpha value is -0.460. The molecule has 2 N–H and O–H groups in total. The summed E-state index contributed by atoms with van der Waals surface area (Å²) in [7, 11) is 0. The molecule has 2 rings (SSSR count). The number of amides is 1. The van der Waals surface area contributed by atoms with Gasteiger partial charge in [-0.25, -0.2) is 4.98 Å². The van der Waals surface area contributed by atoms with E-state index in [9.17, 15) is 4.79 Å². The normalized spacial score (nSPS) is 22.1. The number of aromatic nitrogens is 1. The number of nitrogens with zero attached hydrogens (tertiary/aromatic N) is 2. The molecule has 0 radical (unpaired) electrons. The number of likely N-dealkylation sites (tertiary alicyclic amines) is 1. The number of halogens is 1. The smallest absolute Gasteiger partial charge is 0.221 e. The lowest BCUT2D eigenvalue weighted by molar-refractivity contribution is -0.121. The number of hydrogen-bond acceptors (Lipinski definition) is 4. The summed E-state index contributed by atoms with van der Waals surface area (Å²) in [5.74, 6) is -0.163. The molecule has 1 unspecified atom stereocenters. The van der Waals surface area contributed by atoms with Gasteiger partial charge >= 0.3 is 0 Å². The molecule has 0 bridgehead atoms. The van der Waals surface area contributed by atoms with Gasteiger partial charge in [0, 0.05) is 18.5 Å². The van der Waals surface area contributed by atoms with Crippen LogP contribution in [0.25, 0.3) is 0 Å². The fourth-order valence-electron chi connectivity index (χ4n) is 1.79.